The summed E-state index contributed by atoms with van der Waals surface area (Å²) in [5, 5.41) is 4.90. The molecule has 0 bridgehead atoms. The summed E-state index contributed by atoms with van der Waals surface area (Å²) in [6, 6.07) is 8.21. The van der Waals surface area contributed by atoms with Gasteiger partial charge in [0.2, 0.25) is 5.91 Å². The van der Waals surface area contributed by atoms with Crippen molar-refractivity contribution in [2.45, 2.75) is 32.2 Å². The van der Waals surface area contributed by atoms with Crippen LogP contribution in [0.4, 0.5) is 4.79 Å². The number of nitrogens with zero attached hydrogens (tertiary/aromatic N) is 1. The van der Waals surface area contributed by atoms with Gasteiger partial charge in [-0.15, -0.1) is 0 Å². The van der Waals surface area contributed by atoms with Crippen LogP contribution >= 0.6 is 0 Å². The maximum absolute atomic E-state index is 11.9. The number of imide groups is 1. The van der Waals surface area contributed by atoms with Crippen molar-refractivity contribution < 1.29 is 9.59 Å². The number of fused-ring (bicyclic) bond motifs is 1. The minimum absolute atomic E-state index is 0.218. The van der Waals surface area contributed by atoms with E-state index in [1.807, 2.05) is 24.9 Å². The third-order valence-electron chi connectivity index (χ3n) is 3.85. The van der Waals surface area contributed by atoms with Crippen LogP contribution in [0.25, 0.3) is 0 Å². The highest BCUT2D eigenvalue weighted by Gasteiger charge is 2.24. The lowest BCUT2D eigenvalue weighted by Gasteiger charge is -2.32. The van der Waals surface area contributed by atoms with Crippen molar-refractivity contribution >= 4 is 11.9 Å². The van der Waals surface area contributed by atoms with Crippen molar-refractivity contribution in [3.63, 3.8) is 0 Å². The first kappa shape index (κ1) is 15.5. The predicted molar refractivity (Wildman–Crippen MR) is 82.0 cm³/mol. The molecule has 114 valence electrons. The Morgan fingerprint density at radius 1 is 1.33 bits per heavy atom. The molecule has 0 aliphatic heterocycles. The Morgan fingerprint density at radius 2 is 2.10 bits per heavy atom. The van der Waals surface area contributed by atoms with Gasteiger partial charge >= 0.3 is 6.03 Å². The Labute approximate surface area is 125 Å². The molecule has 1 aliphatic rings. The standard InChI is InChI=1S/C16H23N3O2/c1-3-17-16(21)18-15(20)11-19(2)14-10-6-8-12-7-4-5-9-13(12)14/h4-5,7,9,14H,3,6,8,10-11H2,1-2H3,(H2,17,18,20,21)/t14-/m0/s1. The molecule has 0 fully saturated rings. The molecule has 5 nitrogen and oxygen atoms in total. The van der Waals surface area contributed by atoms with Gasteiger partial charge in [-0.25, -0.2) is 4.79 Å². The van der Waals surface area contributed by atoms with Gasteiger partial charge in [-0.1, -0.05) is 24.3 Å². The second-order valence-corrected chi connectivity index (χ2v) is 5.43. The molecule has 0 radical (unpaired) electrons. The second-order valence-electron chi connectivity index (χ2n) is 5.43. The Kier molecular flexibility index (Phi) is 5.33. The van der Waals surface area contributed by atoms with E-state index < -0.39 is 6.03 Å². The molecule has 1 aliphatic carbocycles. The highest BCUT2D eigenvalue weighted by atomic mass is 16.2. The molecule has 0 unspecified atom stereocenters. The first-order valence-electron chi connectivity index (χ1n) is 7.47. The summed E-state index contributed by atoms with van der Waals surface area (Å²) < 4.78 is 0. The summed E-state index contributed by atoms with van der Waals surface area (Å²) in [7, 11) is 1.93. The number of hydrogen-bond donors (Lipinski definition) is 2. The normalized spacial score (nSPS) is 17.2. The number of amides is 3. The van der Waals surface area contributed by atoms with Crippen LogP contribution in [0.15, 0.2) is 24.3 Å². The van der Waals surface area contributed by atoms with E-state index in [9.17, 15) is 9.59 Å². The van der Waals surface area contributed by atoms with Crippen LogP contribution in [-0.2, 0) is 11.2 Å². The second kappa shape index (κ2) is 7.22. The van der Waals surface area contributed by atoms with Crippen molar-refractivity contribution in [3.05, 3.63) is 35.4 Å². The molecular formula is C16H23N3O2. The first-order chi connectivity index (χ1) is 10.1. The zero-order valence-corrected chi connectivity index (χ0v) is 12.7. The van der Waals surface area contributed by atoms with E-state index in [2.05, 4.69) is 28.8 Å². The smallest absolute Gasteiger partial charge is 0.321 e. The third-order valence-corrected chi connectivity index (χ3v) is 3.85. The molecule has 1 atom stereocenters. The number of nitrogens with one attached hydrogen (secondary N) is 2. The minimum Gasteiger partial charge on any atom is -0.338 e. The van der Waals surface area contributed by atoms with Gasteiger partial charge in [0.15, 0.2) is 0 Å². The van der Waals surface area contributed by atoms with Crippen molar-refractivity contribution in [3.8, 4) is 0 Å². The Bertz CT molecular complexity index is 516. The number of urea groups is 1. The number of benzene rings is 1. The van der Waals surface area contributed by atoms with E-state index in [0.29, 0.717) is 6.54 Å². The highest BCUT2D eigenvalue weighted by Crippen LogP contribution is 2.33. The molecule has 2 N–H and O–H groups in total. The van der Waals surface area contributed by atoms with Crippen LogP contribution in [0.3, 0.4) is 0 Å². The monoisotopic (exact) mass is 289 g/mol. The maximum atomic E-state index is 11.9. The summed E-state index contributed by atoms with van der Waals surface area (Å²) in [6.07, 6.45) is 3.28. The molecule has 0 heterocycles. The average molecular weight is 289 g/mol. The molecule has 5 heteroatoms. The largest absolute Gasteiger partial charge is 0.338 e. The van der Waals surface area contributed by atoms with E-state index in [-0.39, 0.29) is 18.5 Å². The third kappa shape index (κ3) is 4.04. The number of carbonyl (C=O) groups excluding carboxylic acids is 2. The highest BCUT2D eigenvalue weighted by molar-refractivity contribution is 5.95. The van der Waals surface area contributed by atoms with Crippen molar-refractivity contribution in [1.82, 2.24) is 15.5 Å². The Balaban J connectivity index is 1.96. The van der Waals surface area contributed by atoms with Crippen LogP contribution in [0.5, 0.6) is 0 Å². The molecular weight excluding hydrogens is 266 g/mol. The summed E-state index contributed by atoms with van der Waals surface area (Å²) in [5.41, 5.74) is 2.67. The maximum Gasteiger partial charge on any atom is 0.321 e. The fourth-order valence-electron chi connectivity index (χ4n) is 2.89. The van der Waals surface area contributed by atoms with Gasteiger partial charge in [-0.05, 0) is 44.4 Å². The van der Waals surface area contributed by atoms with E-state index in [1.54, 1.807) is 0 Å². The number of carbonyl (C=O) groups is 2. The van der Waals surface area contributed by atoms with Crippen LogP contribution in [0.1, 0.15) is 36.9 Å². The summed E-state index contributed by atoms with van der Waals surface area (Å²) in [5.74, 6) is -0.272. The summed E-state index contributed by atoms with van der Waals surface area (Å²) >= 11 is 0. The zero-order chi connectivity index (χ0) is 15.2. The number of aryl methyl sites for hydroxylation is 1. The van der Waals surface area contributed by atoms with Gasteiger partial charge in [0.05, 0.1) is 6.54 Å². The molecule has 1 aromatic carbocycles. The van der Waals surface area contributed by atoms with Crippen LogP contribution in [0.2, 0.25) is 0 Å². The molecule has 3 amide bonds. The average Bonchev–Trinajstić information content (AvgIpc) is 2.46. The van der Waals surface area contributed by atoms with Crippen molar-refractivity contribution in [1.29, 1.82) is 0 Å². The van der Waals surface area contributed by atoms with Gasteiger partial charge in [0.25, 0.3) is 0 Å². The molecule has 21 heavy (non-hydrogen) atoms. The molecule has 0 saturated carbocycles. The zero-order valence-electron chi connectivity index (χ0n) is 12.7. The fourth-order valence-corrected chi connectivity index (χ4v) is 2.89. The van der Waals surface area contributed by atoms with Crippen molar-refractivity contribution in [2.75, 3.05) is 20.1 Å². The van der Waals surface area contributed by atoms with E-state index >= 15 is 0 Å². The molecule has 0 spiro atoms. The lowest BCUT2D eigenvalue weighted by molar-refractivity contribution is -0.121. The van der Waals surface area contributed by atoms with E-state index in [1.165, 1.54) is 11.1 Å². The summed E-state index contributed by atoms with van der Waals surface area (Å²) in [4.78, 5) is 25.2. The van der Waals surface area contributed by atoms with E-state index in [0.717, 1.165) is 19.3 Å². The van der Waals surface area contributed by atoms with Gasteiger partial charge < -0.3 is 5.32 Å². The first-order valence-corrected chi connectivity index (χ1v) is 7.47. The van der Waals surface area contributed by atoms with Gasteiger partial charge in [-0.2, -0.15) is 0 Å². The predicted octanol–water partition coefficient (Wildman–Crippen LogP) is 1.84. The lowest BCUT2D eigenvalue weighted by Crippen LogP contribution is -2.44. The number of rotatable bonds is 4. The van der Waals surface area contributed by atoms with Gasteiger partial charge in [0, 0.05) is 12.6 Å². The van der Waals surface area contributed by atoms with Crippen LogP contribution < -0.4 is 10.6 Å². The Morgan fingerprint density at radius 3 is 2.86 bits per heavy atom. The molecule has 1 aromatic rings. The van der Waals surface area contributed by atoms with Crippen LogP contribution in [-0.4, -0.2) is 37.0 Å². The lowest BCUT2D eigenvalue weighted by atomic mass is 9.87. The SMILES string of the molecule is CCNC(=O)NC(=O)CN(C)[C@H]1CCCc2ccccc21. The quantitative estimate of drug-likeness (QED) is 0.889. The minimum atomic E-state index is -0.431. The van der Waals surface area contributed by atoms with Crippen LogP contribution in [0, 0.1) is 0 Å². The Hall–Kier alpha value is -1.88. The topological polar surface area (TPSA) is 61.4 Å². The molecule has 0 aromatic heterocycles. The fraction of sp³-hybridized carbons (Fsp3) is 0.500. The van der Waals surface area contributed by atoms with Gasteiger partial charge in [-0.3, -0.25) is 15.0 Å². The summed E-state index contributed by atoms with van der Waals surface area (Å²) in [6.45, 7) is 2.54. The van der Waals surface area contributed by atoms with E-state index in [4.69, 9.17) is 0 Å². The molecule has 2 rings (SSSR count). The van der Waals surface area contributed by atoms with Gasteiger partial charge in [0.1, 0.15) is 0 Å². The van der Waals surface area contributed by atoms with Crippen molar-refractivity contribution in [2.24, 2.45) is 0 Å². The number of hydrogen-bond acceptors (Lipinski definition) is 3. The number of likely N-dealkylation sites (N-methyl/N-ethyl adjacent to an activating group) is 1. The molecule has 0 saturated heterocycles.